The van der Waals surface area contributed by atoms with Crippen LogP contribution in [-0.2, 0) is 6.61 Å². The topological polar surface area (TPSA) is 36.0 Å². The van der Waals surface area contributed by atoms with Crippen LogP contribution in [-0.4, -0.2) is 10.1 Å². The van der Waals surface area contributed by atoms with Gasteiger partial charge in [-0.3, -0.25) is 0 Å². The van der Waals surface area contributed by atoms with Crippen molar-refractivity contribution < 1.29 is 5.11 Å². The smallest absolute Gasteiger partial charge is 0.0781 e. The minimum atomic E-state index is 0.0136. The van der Waals surface area contributed by atoms with E-state index in [1.807, 2.05) is 30.3 Å². The summed E-state index contributed by atoms with van der Waals surface area (Å²) in [6.45, 7) is 0.0136. The van der Waals surface area contributed by atoms with Crippen molar-refractivity contribution in [2.75, 3.05) is 0 Å². The third-order valence-corrected chi connectivity index (χ3v) is 4.20. The number of aromatic amines is 1. The number of benzene rings is 2. The summed E-state index contributed by atoms with van der Waals surface area (Å²) < 4.78 is 0. The highest BCUT2D eigenvalue weighted by molar-refractivity contribution is 7.99. The summed E-state index contributed by atoms with van der Waals surface area (Å²) in [5, 5.41) is 12.3. The Morgan fingerprint density at radius 2 is 1.95 bits per heavy atom. The zero-order valence-electron chi connectivity index (χ0n) is 10.1. The fourth-order valence-corrected chi connectivity index (χ4v) is 3.24. The van der Waals surface area contributed by atoms with E-state index in [2.05, 4.69) is 17.1 Å². The number of aromatic nitrogens is 1. The zero-order valence-corrected chi connectivity index (χ0v) is 11.6. The molecule has 0 saturated heterocycles. The summed E-state index contributed by atoms with van der Waals surface area (Å²) in [6.07, 6.45) is 0. The molecule has 0 fully saturated rings. The molecule has 0 bridgehead atoms. The van der Waals surface area contributed by atoms with E-state index in [4.69, 9.17) is 11.6 Å². The van der Waals surface area contributed by atoms with Crippen LogP contribution in [0.3, 0.4) is 0 Å². The normalized spacial score (nSPS) is 11.1. The molecule has 2 nitrogen and oxygen atoms in total. The first-order valence-electron chi connectivity index (χ1n) is 5.91. The second kappa shape index (κ2) is 5.29. The predicted octanol–water partition coefficient (Wildman–Crippen LogP) is 4.46. The number of hydrogen-bond acceptors (Lipinski definition) is 2. The number of para-hydroxylation sites is 1. The first-order chi connectivity index (χ1) is 9.26. The van der Waals surface area contributed by atoms with Crippen LogP contribution in [0, 0.1) is 0 Å². The van der Waals surface area contributed by atoms with E-state index in [9.17, 15) is 5.11 Å². The number of rotatable bonds is 3. The first kappa shape index (κ1) is 12.6. The Morgan fingerprint density at radius 3 is 2.74 bits per heavy atom. The highest BCUT2D eigenvalue weighted by atomic mass is 35.5. The lowest BCUT2D eigenvalue weighted by atomic mass is 10.2. The van der Waals surface area contributed by atoms with E-state index in [-0.39, 0.29) is 6.61 Å². The SMILES string of the molecule is OCc1ccc(Cl)cc1Sc1cc2ccccc2[nH]1. The molecule has 0 spiro atoms. The Labute approximate surface area is 120 Å². The second-order valence-corrected chi connectivity index (χ2v) is 5.75. The monoisotopic (exact) mass is 289 g/mol. The van der Waals surface area contributed by atoms with Gasteiger partial charge >= 0.3 is 0 Å². The van der Waals surface area contributed by atoms with Gasteiger partial charge in [0.25, 0.3) is 0 Å². The van der Waals surface area contributed by atoms with Crippen molar-refractivity contribution >= 4 is 34.3 Å². The highest BCUT2D eigenvalue weighted by Gasteiger charge is 2.07. The molecule has 96 valence electrons. The second-order valence-electron chi connectivity index (χ2n) is 4.23. The maximum atomic E-state index is 9.36. The van der Waals surface area contributed by atoms with E-state index in [0.717, 1.165) is 21.0 Å². The third kappa shape index (κ3) is 2.63. The number of fused-ring (bicyclic) bond motifs is 1. The van der Waals surface area contributed by atoms with Crippen LogP contribution >= 0.6 is 23.4 Å². The van der Waals surface area contributed by atoms with E-state index in [1.165, 1.54) is 5.39 Å². The molecule has 0 radical (unpaired) electrons. The minimum absolute atomic E-state index is 0.0136. The van der Waals surface area contributed by atoms with E-state index in [1.54, 1.807) is 17.8 Å². The molecule has 1 aromatic heterocycles. The third-order valence-electron chi connectivity index (χ3n) is 2.92. The Morgan fingerprint density at radius 1 is 1.11 bits per heavy atom. The maximum Gasteiger partial charge on any atom is 0.0781 e. The Balaban J connectivity index is 1.98. The Kier molecular flexibility index (Phi) is 3.51. The van der Waals surface area contributed by atoms with Gasteiger partial charge in [0.05, 0.1) is 11.6 Å². The molecule has 0 amide bonds. The van der Waals surface area contributed by atoms with Crippen LogP contribution in [0.25, 0.3) is 10.9 Å². The summed E-state index contributed by atoms with van der Waals surface area (Å²) in [5.74, 6) is 0. The van der Waals surface area contributed by atoms with Gasteiger partial charge in [0.15, 0.2) is 0 Å². The Hall–Kier alpha value is -1.42. The molecule has 2 aromatic carbocycles. The molecule has 19 heavy (non-hydrogen) atoms. The number of nitrogens with one attached hydrogen (secondary N) is 1. The molecule has 3 aromatic rings. The fraction of sp³-hybridized carbons (Fsp3) is 0.0667. The molecule has 4 heteroatoms. The number of H-pyrrole nitrogens is 1. The van der Waals surface area contributed by atoms with Gasteiger partial charge in [0.2, 0.25) is 0 Å². The molecule has 2 N–H and O–H groups in total. The van der Waals surface area contributed by atoms with Gasteiger partial charge in [0, 0.05) is 20.8 Å². The highest BCUT2D eigenvalue weighted by Crippen LogP contribution is 2.33. The van der Waals surface area contributed by atoms with Crippen molar-refractivity contribution in [2.24, 2.45) is 0 Å². The summed E-state index contributed by atoms with van der Waals surface area (Å²) in [7, 11) is 0. The molecule has 0 aliphatic carbocycles. The van der Waals surface area contributed by atoms with Crippen molar-refractivity contribution in [2.45, 2.75) is 16.5 Å². The first-order valence-corrected chi connectivity index (χ1v) is 7.10. The van der Waals surface area contributed by atoms with E-state index < -0.39 is 0 Å². The van der Waals surface area contributed by atoms with Crippen LogP contribution in [0.5, 0.6) is 0 Å². The standard InChI is InChI=1S/C15H12ClNOS/c16-12-6-5-11(9-18)14(8-12)19-15-7-10-3-1-2-4-13(10)17-15/h1-8,17-18H,9H2. The lowest BCUT2D eigenvalue weighted by Gasteiger charge is -2.06. The summed E-state index contributed by atoms with van der Waals surface area (Å²) >= 11 is 7.59. The number of hydrogen-bond donors (Lipinski definition) is 2. The average Bonchev–Trinajstić information content (AvgIpc) is 2.81. The molecule has 1 heterocycles. The molecule has 3 rings (SSSR count). The summed E-state index contributed by atoms with van der Waals surface area (Å²) in [5.41, 5.74) is 1.99. The number of halogens is 1. The summed E-state index contributed by atoms with van der Waals surface area (Å²) in [4.78, 5) is 4.33. The molecular formula is C15H12ClNOS. The lowest BCUT2D eigenvalue weighted by molar-refractivity contribution is 0.279. The van der Waals surface area contributed by atoms with Crippen LogP contribution in [0.4, 0.5) is 0 Å². The van der Waals surface area contributed by atoms with Gasteiger partial charge in [-0.2, -0.15) is 0 Å². The van der Waals surface area contributed by atoms with Gasteiger partial charge in [0.1, 0.15) is 0 Å². The van der Waals surface area contributed by atoms with Crippen molar-refractivity contribution in [1.82, 2.24) is 4.98 Å². The predicted molar refractivity (Wildman–Crippen MR) is 79.8 cm³/mol. The van der Waals surface area contributed by atoms with Crippen molar-refractivity contribution in [1.29, 1.82) is 0 Å². The Bertz CT molecular complexity index is 690. The van der Waals surface area contributed by atoms with Crippen molar-refractivity contribution in [3.8, 4) is 0 Å². The van der Waals surface area contributed by atoms with Gasteiger partial charge < -0.3 is 10.1 Å². The number of aliphatic hydroxyl groups excluding tert-OH is 1. The van der Waals surface area contributed by atoms with Crippen LogP contribution in [0.1, 0.15) is 5.56 Å². The number of aliphatic hydroxyl groups is 1. The fourth-order valence-electron chi connectivity index (χ4n) is 1.97. The molecular weight excluding hydrogens is 278 g/mol. The van der Waals surface area contributed by atoms with Gasteiger partial charge in [-0.25, -0.2) is 0 Å². The molecule has 0 aliphatic heterocycles. The van der Waals surface area contributed by atoms with Crippen LogP contribution in [0.2, 0.25) is 5.02 Å². The maximum absolute atomic E-state index is 9.36. The van der Waals surface area contributed by atoms with Gasteiger partial charge in [-0.15, -0.1) is 0 Å². The molecule has 0 saturated carbocycles. The minimum Gasteiger partial charge on any atom is -0.392 e. The van der Waals surface area contributed by atoms with Crippen LogP contribution in [0.15, 0.2) is 58.5 Å². The average molecular weight is 290 g/mol. The van der Waals surface area contributed by atoms with Crippen molar-refractivity contribution in [3.05, 3.63) is 59.1 Å². The lowest BCUT2D eigenvalue weighted by Crippen LogP contribution is -1.87. The zero-order chi connectivity index (χ0) is 13.2. The van der Waals surface area contributed by atoms with E-state index >= 15 is 0 Å². The van der Waals surface area contributed by atoms with Crippen molar-refractivity contribution in [3.63, 3.8) is 0 Å². The van der Waals surface area contributed by atoms with Gasteiger partial charge in [-0.1, -0.05) is 47.6 Å². The molecule has 0 unspecified atom stereocenters. The van der Waals surface area contributed by atoms with Gasteiger partial charge in [-0.05, 0) is 29.8 Å². The molecule has 0 aliphatic rings. The van der Waals surface area contributed by atoms with E-state index in [0.29, 0.717) is 5.02 Å². The van der Waals surface area contributed by atoms with Crippen LogP contribution < -0.4 is 0 Å². The summed E-state index contributed by atoms with van der Waals surface area (Å²) in [6, 6.07) is 15.8. The quantitative estimate of drug-likeness (QED) is 0.746. The largest absolute Gasteiger partial charge is 0.392 e. The molecule has 0 atom stereocenters.